The SMILES string of the molecule is C=C(C(C)C)N(/C(=C\C(C)CC)C1CCN(Cc2cc(F)ccc2F)C(=O)C1)c1ncccc1N.CC.CC. The number of allylic oxidation sites excluding steroid dienone is 3. The standard InChI is InChI=1S/C28H36F2N4O.2C2H6/c1-6-19(4)14-26(34(20(5)18(2)3)28-25(31)8-7-12-32-28)21-11-13-33(27(35)16-21)17-22-15-23(29)9-10-24(22)30;2*1-2/h7-10,12,14-15,18-19,21H,5-6,11,13,16-17,31H2,1-4H3;2*1-2H3/b26-14-;;. The lowest BCUT2D eigenvalue weighted by molar-refractivity contribution is -0.135. The summed E-state index contributed by atoms with van der Waals surface area (Å²) in [7, 11) is 0. The second-order valence-electron chi connectivity index (χ2n) is 9.62. The molecular formula is C32H48F2N4O. The quantitative estimate of drug-likeness (QED) is 0.346. The van der Waals surface area contributed by atoms with E-state index in [1.165, 1.54) is 0 Å². The number of anilines is 2. The van der Waals surface area contributed by atoms with Crippen LogP contribution in [0.2, 0.25) is 0 Å². The molecule has 0 radical (unpaired) electrons. The number of aromatic nitrogens is 1. The first-order chi connectivity index (χ1) is 18.6. The van der Waals surface area contributed by atoms with E-state index < -0.39 is 11.6 Å². The molecule has 2 heterocycles. The number of halogens is 2. The molecule has 0 saturated carbocycles. The number of nitrogens with two attached hydrogens (primary N) is 1. The number of rotatable bonds is 9. The molecule has 2 aromatic rings. The Labute approximate surface area is 234 Å². The second kappa shape index (κ2) is 16.7. The Kier molecular flexibility index (Phi) is 14.5. The zero-order chi connectivity index (χ0) is 29.7. The Hall–Kier alpha value is -3.22. The van der Waals surface area contributed by atoms with E-state index in [0.717, 1.165) is 36.0 Å². The van der Waals surface area contributed by atoms with Gasteiger partial charge in [-0.05, 0) is 48.6 Å². The first kappa shape index (κ1) is 33.8. The van der Waals surface area contributed by atoms with E-state index in [1.807, 2.05) is 38.7 Å². The van der Waals surface area contributed by atoms with Gasteiger partial charge in [-0.25, -0.2) is 13.8 Å². The number of hydrogen-bond donors (Lipinski definition) is 1. The fourth-order valence-corrected chi connectivity index (χ4v) is 4.25. The smallest absolute Gasteiger partial charge is 0.223 e. The van der Waals surface area contributed by atoms with Crippen LogP contribution in [0.15, 0.2) is 60.6 Å². The minimum Gasteiger partial charge on any atom is -0.396 e. The molecule has 3 rings (SSSR count). The van der Waals surface area contributed by atoms with E-state index in [1.54, 1.807) is 17.2 Å². The summed E-state index contributed by atoms with van der Waals surface area (Å²) in [5, 5.41) is 0. The topological polar surface area (TPSA) is 62.5 Å². The van der Waals surface area contributed by atoms with Crippen molar-refractivity contribution < 1.29 is 13.6 Å². The highest BCUT2D eigenvalue weighted by atomic mass is 19.1. The van der Waals surface area contributed by atoms with Gasteiger partial charge in [-0.2, -0.15) is 0 Å². The lowest BCUT2D eigenvalue weighted by Gasteiger charge is -2.39. The molecule has 2 N–H and O–H groups in total. The Morgan fingerprint density at radius 2 is 1.87 bits per heavy atom. The summed E-state index contributed by atoms with van der Waals surface area (Å²) in [5.74, 6) is -0.194. The minimum atomic E-state index is -0.515. The third kappa shape index (κ3) is 9.19. The summed E-state index contributed by atoms with van der Waals surface area (Å²) in [6.07, 6.45) is 5.78. The van der Waals surface area contributed by atoms with Gasteiger partial charge in [-0.15, -0.1) is 0 Å². The van der Waals surface area contributed by atoms with Gasteiger partial charge in [0.15, 0.2) is 5.82 Å². The Bertz CT molecular complexity index is 1100. The summed E-state index contributed by atoms with van der Waals surface area (Å²) < 4.78 is 27.8. The van der Waals surface area contributed by atoms with Crippen molar-refractivity contribution in [3.05, 3.63) is 77.8 Å². The molecule has 1 aromatic carbocycles. The number of pyridine rings is 1. The zero-order valence-corrected chi connectivity index (χ0v) is 25.1. The molecule has 1 aliphatic heterocycles. The highest BCUT2D eigenvalue weighted by Crippen LogP contribution is 2.38. The van der Waals surface area contributed by atoms with Crippen LogP contribution in [0.5, 0.6) is 0 Å². The van der Waals surface area contributed by atoms with Crippen molar-refractivity contribution in [3.8, 4) is 0 Å². The number of amides is 1. The van der Waals surface area contributed by atoms with Crippen LogP contribution in [0, 0.1) is 29.4 Å². The van der Waals surface area contributed by atoms with Crippen LogP contribution in [0.3, 0.4) is 0 Å². The summed E-state index contributed by atoms with van der Waals surface area (Å²) in [6.45, 7) is 21.2. The summed E-state index contributed by atoms with van der Waals surface area (Å²) in [5.41, 5.74) is 8.87. The first-order valence-electron chi connectivity index (χ1n) is 14.2. The largest absolute Gasteiger partial charge is 0.396 e. The van der Waals surface area contributed by atoms with Crippen LogP contribution in [0.1, 0.15) is 80.2 Å². The van der Waals surface area contributed by atoms with Crippen molar-refractivity contribution in [2.24, 2.45) is 17.8 Å². The molecule has 7 heteroatoms. The van der Waals surface area contributed by atoms with Gasteiger partial charge in [0.1, 0.15) is 11.6 Å². The van der Waals surface area contributed by atoms with E-state index in [9.17, 15) is 13.6 Å². The minimum absolute atomic E-state index is 0.0508. The monoisotopic (exact) mass is 542 g/mol. The maximum Gasteiger partial charge on any atom is 0.223 e. The van der Waals surface area contributed by atoms with Crippen LogP contribution in [0.4, 0.5) is 20.3 Å². The normalized spacial score (nSPS) is 16.1. The number of hydrogen-bond acceptors (Lipinski definition) is 4. The van der Waals surface area contributed by atoms with Gasteiger partial charge in [-0.1, -0.05) is 74.5 Å². The maximum atomic E-state index is 14.2. The number of carbonyl (C=O) groups excluding carboxylic acids is 1. The lowest BCUT2D eigenvalue weighted by Crippen LogP contribution is -2.41. The van der Waals surface area contributed by atoms with Gasteiger partial charge in [0.05, 0.1) is 5.69 Å². The van der Waals surface area contributed by atoms with E-state index in [-0.39, 0.29) is 42.2 Å². The molecule has 0 aliphatic carbocycles. The van der Waals surface area contributed by atoms with Gasteiger partial charge in [0, 0.05) is 48.6 Å². The van der Waals surface area contributed by atoms with Crippen molar-refractivity contribution in [2.75, 3.05) is 17.2 Å². The molecule has 216 valence electrons. The molecule has 1 aliphatic rings. The molecule has 0 spiro atoms. The number of nitrogens with zero attached hydrogens (tertiary/aromatic N) is 3. The average molecular weight is 543 g/mol. The molecule has 1 saturated heterocycles. The molecular weight excluding hydrogens is 494 g/mol. The molecule has 0 bridgehead atoms. The van der Waals surface area contributed by atoms with Gasteiger partial charge in [-0.3, -0.25) is 4.79 Å². The van der Waals surface area contributed by atoms with Crippen molar-refractivity contribution in [1.82, 2.24) is 9.88 Å². The van der Waals surface area contributed by atoms with E-state index in [2.05, 4.69) is 45.3 Å². The van der Waals surface area contributed by atoms with E-state index >= 15 is 0 Å². The van der Waals surface area contributed by atoms with Crippen LogP contribution >= 0.6 is 0 Å². The van der Waals surface area contributed by atoms with Crippen molar-refractivity contribution >= 4 is 17.4 Å². The van der Waals surface area contributed by atoms with Crippen molar-refractivity contribution in [2.45, 2.75) is 81.2 Å². The lowest BCUT2D eigenvalue weighted by atomic mass is 9.88. The van der Waals surface area contributed by atoms with E-state index in [4.69, 9.17) is 5.73 Å². The number of piperidine rings is 1. The Balaban J connectivity index is 0.00000181. The van der Waals surface area contributed by atoms with Crippen molar-refractivity contribution in [1.29, 1.82) is 0 Å². The molecule has 2 atom stereocenters. The predicted octanol–water partition coefficient (Wildman–Crippen LogP) is 8.34. The molecule has 1 aromatic heterocycles. The molecule has 1 fully saturated rings. The molecule has 5 nitrogen and oxygen atoms in total. The van der Waals surface area contributed by atoms with E-state index in [0.29, 0.717) is 24.5 Å². The Morgan fingerprint density at radius 1 is 1.21 bits per heavy atom. The first-order valence-corrected chi connectivity index (χ1v) is 14.2. The highest BCUT2D eigenvalue weighted by Gasteiger charge is 2.33. The third-order valence-electron chi connectivity index (χ3n) is 6.65. The number of likely N-dealkylation sites (tertiary alicyclic amines) is 1. The molecule has 2 unspecified atom stereocenters. The fraction of sp³-hybridized carbons (Fsp3) is 0.500. The summed E-state index contributed by atoms with van der Waals surface area (Å²) in [6, 6.07) is 6.94. The van der Waals surface area contributed by atoms with Gasteiger partial charge >= 0.3 is 0 Å². The molecule has 1 amide bonds. The zero-order valence-electron chi connectivity index (χ0n) is 25.1. The van der Waals surface area contributed by atoms with Gasteiger partial charge in [0.25, 0.3) is 0 Å². The highest BCUT2D eigenvalue weighted by molar-refractivity contribution is 5.78. The maximum absolute atomic E-state index is 14.2. The van der Waals surface area contributed by atoms with Crippen LogP contribution in [-0.4, -0.2) is 22.3 Å². The fourth-order valence-electron chi connectivity index (χ4n) is 4.25. The number of nitrogen functional groups attached to an aromatic ring is 1. The van der Waals surface area contributed by atoms with Crippen LogP contribution < -0.4 is 10.6 Å². The average Bonchev–Trinajstić information content (AvgIpc) is 2.94. The number of carbonyl (C=O) groups is 1. The summed E-state index contributed by atoms with van der Waals surface area (Å²) in [4.78, 5) is 21.4. The van der Waals surface area contributed by atoms with Gasteiger partial charge in [0.2, 0.25) is 5.91 Å². The predicted molar refractivity (Wildman–Crippen MR) is 160 cm³/mol. The van der Waals surface area contributed by atoms with Crippen molar-refractivity contribution in [3.63, 3.8) is 0 Å². The van der Waals surface area contributed by atoms with Gasteiger partial charge < -0.3 is 15.5 Å². The second-order valence-corrected chi connectivity index (χ2v) is 9.62. The number of benzene rings is 1. The molecule has 39 heavy (non-hydrogen) atoms. The third-order valence-corrected chi connectivity index (χ3v) is 6.65. The van der Waals surface area contributed by atoms with Crippen LogP contribution in [-0.2, 0) is 11.3 Å². The summed E-state index contributed by atoms with van der Waals surface area (Å²) >= 11 is 0. The Morgan fingerprint density at radius 3 is 2.44 bits per heavy atom. The van der Waals surface area contributed by atoms with Crippen LogP contribution in [0.25, 0.3) is 0 Å².